The van der Waals surface area contributed by atoms with Gasteiger partial charge in [0.2, 0.25) is 5.72 Å². The van der Waals surface area contributed by atoms with E-state index in [1.165, 1.54) is 7.11 Å². The van der Waals surface area contributed by atoms with Crippen molar-refractivity contribution in [3.8, 4) is 0 Å². The second-order valence-corrected chi connectivity index (χ2v) is 8.34. The maximum Gasteiger partial charge on any atom is 0.312 e. The number of nitrogens with zero attached hydrogens (tertiary/aromatic N) is 2. The van der Waals surface area contributed by atoms with E-state index in [0.29, 0.717) is 11.4 Å². The van der Waals surface area contributed by atoms with Crippen LogP contribution in [0.4, 0.5) is 0 Å². The highest BCUT2D eigenvalue weighted by Gasteiger charge is 2.66. The molecule has 2 fully saturated rings. The van der Waals surface area contributed by atoms with Crippen LogP contribution in [0.25, 0.3) is 0 Å². The third-order valence-corrected chi connectivity index (χ3v) is 6.99. The van der Waals surface area contributed by atoms with Crippen molar-refractivity contribution in [1.82, 2.24) is 4.90 Å². The van der Waals surface area contributed by atoms with Gasteiger partial charge >= 0.3 is 5.97 Å². The summed E-state index contributed by atoms with van der Waals surface area (Å²) in [6, 6.07) is 7.67. The highest BCUT2D eigenvalue weighted by molar-refractivity contribution is 6.30. The molecular weight excluding hydrogens is 364 g/mol. The molecule has 1 saturated heterocycles. The van der Waals surface area contributed by atoms with Crippen LogP contribution < -0.4 is 0 Å². The molecule has 3 aliphatic rings. The zero-order valence-electron chi connectivity index (χ0n) is 16.0. The van der Waals surface area contributed by atoms with Crippen molar-refractivity contribution in [3.05, 3.63) is 34.9 Å². The highest BCUT2D eigenvalue weighted by Crippen LogP contribution is 2.56. The van der Waals surface area contributed by atoms with E-state index in [1.54, 1.807) is 0 Å². The normalized spacial score (nSPS) is 33.3. The topological polar surface area (TPSA) is 51.1 Å². The first-order valence-corrected chi connectivity index (χ1v) is 10.3. The van der Waals surface area contributed by atoms with Crippen LogP contribution in [0.3, 0.4) is 0 Å². The molecule has 0 N–H and O–H groups in total. The Morgan fingerprint density at radius 3 is 2.59 bits per heavy atom. The van der Waals surface area contributed by atoms with Crippen LogP contribution in [0.2, 0.25) is 5.02 Å². The molecule has 5 nitrogen and oxygen atoms in total. The summed E-state index contributed by atoms with van der Waals surface area (Å²) in [5.41, 5.74) is 0.651. The van der Waals surface area contributed by atoms with Crippen molar-refractivity contribution in [2.45, 2.75) is 51.2 Å². The zero-order valence-corrected chi connectivity index (χ0v) is 16.8. The van der Waals surface area contributed by atoms with E-state index in [2.05, 4.69) is 17.0 Å². The van der Waals surface area contributed by atoms with E-state index in [1.807, 2.05) is 24.3 Å². The summed E-state index contributed by atoms with van der Waals surface area (Å²) in [6.07, 6.45) is 5.63. The lowest BCUT2D eigenvalue weighted by Gasteiger charge is -2.51. The highest BCUT2D eigenvalue weighted by atomic mass is 35.5. The van der Waals surface area contributed by atoms with E-state index in [-0.39, 0.29) is 11.9 Å². The van der Waals surface area contributed by atoms with Gasteiger partial charge in [-0.2, -0.15) is 0 Å². The predicted molar refractivity (Wildman–Crippen MR) is 105 cm³/mol. The lowest BCUT2D eigenvalue weighted by Crippen LogP contribution is -2.63. The van der Waals surface area contributed by atoms with Crippen LogP contribution in [0.15, 0.2) is 29.4 Å². The fourth-order valence-electron chi connectivity index (χ4n) is 5.41. The Labute approximate surface area is 165 Å². The molecule has 1 aromatic carbocycles. The van der Waals surface area contributed by atoms with Gasteiger partial charge in [0.25, 0.3) is 0 Å². The molecular formula is C21H27ClN2O3. The van der Waals surface area contributed by atoms with Crippen molar-refractivity contribution >= 4 is 23.3 Å². The first-order valence-electron chi connectivity index (χ1n) is 9.93. The minimum atomic E-state index is -0.620. The van der Waals surface area contributed by atoms with Crippen LogP contribution in [0.1, 0.15) is 51.0 Å². The van der Waals surface area contributed by atoms with Gasteiger partial charge in [0.1, 0.15) is 0 Å². The average molecular weight is 391 g/mol. The van der Waals surface area contributed by atoms with Crippen LogP contribution in [-0.4, -0.2) is 42.5 Å². The van der Waals surface area contributed by atoms with Crippen molar-refractivity contribution in [2.24, 2.45) is 16.5 Å². The predicted octanol–water partition coefficient (Wildman–Crippen LogP) is 4.24. The number of carbonyl (C=O) groups excluding carboxylic acids is 1. The summed E-state index contributed by atoms with van der Waals surface area (Å²) < 4.78 is 5.31. The van der Waals surface area contributed by atoms with E-state index < -0.39 is 11.1 Å². The molecule has 0 radical (unpaired) electrons. The number of hydrogen-bond acceptors (Lipinski definition) is 5. The Kier molecular flexibility index (Phi) is 4.93. The van der Waals surface area contributed by atoms with Gasteiger partial charge in [-0.15, -0.1) is 0 Å². The Morgan fingerprint density at radius 1 is 1.26 bits per heavy atom. The summed E-state index contributed by atoms with van der Waals surface area (Å²) in [4.78, 5) is 21.7. The van der Waals surface area contributed by atoms with Gasteiger partial charge in [0, 0.05) is 24.5 Å². The summed E-state index contributed by atoms with van der Waals surface area (Å²) >= 11 is 6.09. The monoisotopic (exact) mass is 390 g/mol. The maximum atomic E-state index is 13.1. The minimum Gasteiger partial charge on any atom is -0.469 e. The molecule has 2 heterocycles. The van der Waals surface area contributed by atoms with Crippen LogP contribution in [-0.2, 0) is 14.4 Å². The SMILES string of the molecule is CCC1(C(=O)OC)CCCC2(N3CCCC3)ON=C(c3ccc(Cl)cc3)C12. The van der Waals surface area contributed by atoms with E-state index >= 15 is 0 Å². The van der Waals surface area contributed by atoms with Crippen molar-refractivity contribution < 1.29 is 14.4 Å². The van der Waals surface area contributed by atoms with Gasteiger partial charge in [0.15, 0.2) is 0 Å². The lowest BCUT2D eigenvalue weighted by atomic mass is 9.58. The van der Waals surface area contributed by atoms with Gasteiger partial charge in [-0.05, 0) is 49.8 Å². The molecule has 2 aliphatic heterocycles. The number of ether oxygens (including phenoxy) is 1. The minimum absolute atomic E-state index is 0.143. The van der Waals surface area contributed by atoms with Gasteiger partial charge < -0.3 is 9.57 Å². The second-order valence-electron chi connectivity index (χ2n) is 7.90. The summed E-state index contributed by atoms with van der Waals surface area (Å²) in [7, 11) is 1.49. The molecule has 0 spiro atoms. The molecule has 146 valence electrons. The first kappa shape index (κ1) is 18.8. The van der Waals surface area contributed by atoms with E-state index in [0.717, 1.165) is 56.5 Å². The first-order chi connectivity index (χ1) is 13.1. The molecule has 0 amide bonds. The van der Waals surface area contributed by atoms with Crippen molar-refractivity contribution in [2.75, 3.05) is 20.2 Å². The second kappa shape index (κ2) is 7.10. The van der Waals surface area contributed by atoms with E-state index in [4.69, 9.17) is 21.2 Å². The zero-order chi connectivity index (χ0) is 19.1. The van der Waals surface area contributed by atoms with Crippen molar-refractivity contribution in [3.63, 3.8) is 0 Å². The Morgan fingerprint density at radius 2 is 1.96 bits per heavy atom. The number of methoxy groups -OCH3 is 1. The van der Waals surface area contributed by atoms with Gasteiger partial charge in [0.05, 0.1) is 24.2 Å². The third kappa shape index (κ3) is 2.78. The number of rotatable bonds is 4. The summed E-state index contributed by atoms with van der Waals surface area (Å²) in [6.45, 7) is 4.05. The molecule has 4 rings (SSSR count). The Balaban J connectivity index is 1.84. The van der Waals surface area contributed by atoms with E-state index in [9.17, 15) is 4.79 Å². The molecule has 6 heteroatoms. The number of esters is 1. The molecule has 1 aromatic rings. The Bertz CT molecular complexity index is 744. The number of likely N-dealkylation sites (tertiary alicyclic amines) is 1. The molecule has 1 saturated carbocycles. The largest absolute Gasteiger partial charge is 0.469 e. The molecule has 1 aliphatic carbocycles. The average Bonchev–Trinajstić information content (AvgIpc) is 3.36. The molecule has 3 unspecified atom stereocenters. The summed E-state index contributed by atoms with van der Waals surface area (Å²) in [5.74, 6) is -0.291. The van der Waals surface area contributed by atoms with Crippen LogP contribution in [0, 0.1) is 11.3 Å². The number of carbonyl (C=O) groups is 1. The number of oxime groups is 1. The number of benzene rings is 1. The standard InChI is InChI=1S/C21H27ClN2O3/c1-3-20(19(25)26-2)11-6-12-21(24-13-4-5-14-24)18(20)17(23-27-21)15-7-9-16(22)10-8-15/h7-10,18H,3-6,11-14H2,1-2H3. The van der Waals surface area contributed by atoms with Crippen molar-refractivity contribution in [1.29, 1.82) is 0 Å². The van der Waals surface area contributed by atoms with Gasteiger partial charge in [-0.3, -0.25) is 9.69 Å². The van der Waals surface area contributed by atoms with Gasteiger partial charge in [-0.25, -0.2) is 0 Å². The smallest absolute Gasteiger partial charge is 0.312 e. The fraction of sp³-hybridized carbons (Fsp3) is 0.619. The van der Waals surface area contributed by atoms with Crippen LogP contribution >= 0.6 is 11.6 Å². The number of halogens is 1. The lowest BCUT2D eigenvalue weighted by molar-refractivity contribution is -0.207. The molecule has 3 atom stereocenters. The summed E-state index contributed by atoms with van der Waals surface area (Å²) in [5, 5.41) is 5.26. The number of fused-ring (bicyclic) bond motifs is 1. The molecule has 27 heavy (non-hydrogen) atoms. The van der Waals surface area contributed by atoms with Crippen LogP contribution in [0.5, 0.6) is 0 Å². The quantitative estimate of drug-likeness (QED) is 0.721. The molecule has 0 aromatic heterocycles. The molecule has 0 bridgehead atoms. The maximum absolute atomic E-state index is 13.1. The fourth-order valence-corrected chi connectivity index (χ4v) is 5.54. The van der Waals surface area contributed by atoms with Gasteiger partial charge in [-0.1, -0.05) is 35.8 Å². The number of hydrogen-bond donors (Lipinski definition) is 0. The third-order valence-electron chi connectivity index (χ3n) is 6.74. The Hall–Kier alpha value is -1.59.